The summed E-state index contributed by atoms with van der Waals surface area (Å²) in [6.07, 6.45) is 4.68. The quantitative estimate of drug-likeness (QED) is 0.847. The smallest absolute Gasteiger partial charge is 0.123 e. The molecule has 0 saturated heterocycles. The second kappa shape index (κ2) is 6.01. The van der Waals surface area contributed by atoms with Gasteiger partial charge in [0.2, 0.25) is 0 Å². The van der Waals surface area contributed by atoms with E-state index in [0.29, 0.717) is 11.0 Å². The van der Waals surface area contributed by atoms with Gasteiger partial charge in [0, 0.05) is 26.1 Å². The lowest BCUT2D eigenvalue weighted by Gasteiger charge is -2.12. The first kappa shape index (κ1) is 13.1. The molecule has 0 heterocycles. The molecular formula is C13H17BrO2S. The molecule has 4 heteroatoms. The Hall–Kier alpha value is -0.350. The van der Waals surface area contributed by atoms with E-state index in [-0.39, 0.29) is 0 Å². The van der Waals surface area contributed by atoms with Gasteiger partial charge in [-0.2, -0.15) is 0 Å². The third kappa shape index (κ3) is 3.32. The summed E-state index contributed by atoms with van der Waals surface area (Å²) in [5.41, 5.74) is 1.03. The molecule has 1 saturated carbocycles. The van der Waals surface area contributed by atoms with Crippen molar-refractivity contribution in [2.24, 2.45) is 0 Å². The van der Waals surface area contributed by atoms with Crippen molar-refractivity contribution in [3.63, 3.8) is 0 Å². The van der Waals surface area contributed by atoms with Crippen molar-refractivity contribution in [1.82, 2.24) is 0 Å². The SMILES string of the molecule is COc1ccc(Br)cc1C[S@@](=O)C1CCCC1. The molecule has 1 aliphatic carbocycles. The molecule has 0 aliphatic heterocycles. The molecule has 2 rings (SSSR count). The molecule has 1 atom stereocenters. The normalized spacial score (nSPS) is 18.2. The number of halogens is 1. The van der Waals surface area contributed by atoms with Gasteiger partial charge in [-0.15, -0.1) is 0 Å². The number of hydrogen-bond acceptors (Lipinski definition) is 2. The van der Waals surface area contributed by atoms with Crippen molar-refractivity contribution < 1.29 is 8.95 Å². The van der Waals surface area contributed by atoms with Crippen molar-refractivity contribution >= 4 is 26.7 Å². The third-order valence-electron chi connectivity index (χ3n) is 3.21. The largest absolute Gasteiger partial charge is 0.496 e. The Bertz CT molecular complexity index is 414. The fourth-order valence-electron chi connectivity index (χ4n) is 2.28. The van der Waals surface area contributed by atoms with Gasteiger partial charge in [0.1, 0.15) is 5.75 Å². The average Bonchev–Trinajstić information content (AvgIpc) is 2.83. The average molecular weight is 317 g/mol. The number of benzene rings is 1. The summed E-state index contributed by atoms with van der Waals surface area (Å²) >= 11 is 3.44. The van der Waals surface area contributed by atoms with Gasteiger partial charge in [-0.05, 0) is 31.0 Å². The van der Waals surface area contributed by atoms with Crippen molar-refractivity contribution in [3.05, 3.63) is 28.2 Å². The lowest BCUT2D eigenvalue weighted by atomic mass is 10.2. The number of rotatable bonds is 4. The highest BCUT2D eigenvalue weighted by Gasteiger charge is 2.22. The summed E-state index contributed by atoms with van der Waals surface area (Å²) in [6.45, 7) is 0. The highest BCUT2D eigenvalue weighted by Crippen LogP contribution is 2.28. The van der Waals surface area contributed by atoms with Gasteiger partial charge >= 0.3 is 0 Å². The van der Waals surface area contributed by atoms with E-state index in [1.807, 2.05) is 18.2 Å². The lowest BCUT2D eigenvalue weighted by molar-refractivity contribution is 0.411. The summed E-state index contributed by atoms with van der Waals surface area (Å²) in [5.74, 6) is 1.44. The summed E-state index contributed by atoms with van der Waals surface area (Å²) in [7, 11) is 0.891. The van der Waals surface area contributed by atoms with Gasteiger partial charge in [0.05, 0.1) is 12.9 Å². The van der Waals surface area contributed by atoms with Gasteiger partial charge in [0.15, 0.2) is 0 Å². The topological polar surface area (TPSA) is 26.3 Å². The van der Waals surface area contributed by atoms with Crippen LogP contribution in [0.3, 0.4) is 0 Å². The van der Waals surface area contributed by atoms with E-state index in [2.05, 4.69) is 15.9 Å². The zero-order valence-corrected chi connectivity index (χ0v) is 12.4. The van der Waals surface area contributed by atoms with Crippen molar-refractivity contribution in [2.75, 3.05) is 7.11 Å². The maximum atomic E-state index is 12.2. The van der Waals surface area contributed by atoms with Gasteiger partial charge in [-0.1, -0.05) is 28.8 Å². The molecule has 0 amide bonds. The van der Waals surface area contributed by atoms with E-state index < -0.39 is 10.8 Å². The maximum Gasteiger partial charge on any atom is 0.123 e. The standard InChI is InChI=1S/C13H17BrO2S/c1-16-13-7-6-11(14)8-10(13)9-17(15)12-4-2-3-5-12/h6-8,12H,2-5,9H2,1H3/t17-/m1/s1. The lowest BCUT2D eigenvalue weighted by Crippen LogP contribution is -2.12. The van der Waals surface area contributed by atoms with E-state index in [9.17, 15) is 4.21 Å². The predicted molar refractivity (Wildman–Crippen MR) is 74.8 cm³/mol. The van der Waals surface area contributed by atoms with Crippen molar-refractivity contribution in [3.8, 4) is 5.75 Å². The van der Waals surface area contributed by atoms with Crippen LogP contribution in [0.15, 0.2) is 22.7 Å². The van der Waals surface area contributed by atoms with Crippen LogP contribution < -0.4 is 4.74 Å². The molecule has 17 heavy (non-hydrogen) atoms. The molecule has 0 radical (unpaired) electrons. The molecule has 1 aromatic carbocycles. The van der Waals surface area contributed by atoms with Crippen LogP contribution in [0.25, 0.3) is 0 Å². The Morgan fingerprint density at radius 2 is 2.12 bits per heavy atom. The van der Waals surface area contributed by atoms with Gasteiger partial charge in [-0.3, -0.25) is 4.21 Å². The van der Waals surface area contributed by atoms with E-state index in [1.54, 1.807) is 7.11 Å². The molecule has 94 valence electrons. The van der Waals surface area contributed by atoms with E-state index in [4.69, 9.17) is 4.74 Å². The zero-order valence-electron chi connectivity index (χ0n) is 9.95. The number of ether oxygens (including phenoxy) is 1. The first-order valence-electron chi connectivity index (χ1n) is 5.90. The summed E-state index contributed by atoms with van der Waals surface area (Å²) in [4.78, 5) is 0. The molecule has 1 aromatic rings. The van der Waals surface area contributed by atoms with Gasteiger partial charge < -0.3 is 4.74 Å². The summed E-state index contributed by atoms with van der Waals surface area (Å²) in [6, 6.07) is 5.87. The minimum Gasteiger partial charge on any atom is -0.496 e. The van der Waals surface area contributed by atoms with Crippen molar-refractivity contribution in [1.29, 1.82) is 0 Å². The van der Waals surface area contributed by atoms with Crippen LogP contribution in [-0.2, 0) is 16.6 Å². The number of methoxy groups -OCH3 is 1. The van der Waals surface area contributed by atoms with E-state index >= 15 is 0 Å². The summed E-state index contributed by atoms with van der Waals surface area (Å²) in [5, 5.41) is 0.388. The second-order valence-electron chi connectivity index (χ2n) is 4.39. The van der Waals surface area contributed by atoms with Gasteiger partial charge in [0.25, 0.3) is 0 Å². The molecule has 1 aliphatic rings. The second-order valence-corrected chi connectivity index (χ2v) is 7.02. The predicted octanol–water partition coefficient (Wildman–Crippen LogP) is 3.65. The molecule has 1 fully saturated rings. The first-order valence-corrected chi connectivity index (χ1v) is 8.08. The molecule has 0 spiro atoms. The zero-order chi connectivity index (χ0) is 12.3. The van der Waals surface area contributed by atoms with Gasteiger partial charge in [-0.25, -0.2) is 0 Å². The Morgan fingerprint density at radius 3 is 2.76 bits per heavy atom. The number of hydrogen-bond donors (Lipinski definition) is 0. The molecule has 0 unspecified atom stereocenters. The molecular weight excluding hydrogens is 300 g/mol. The Morgan fingerprint density at radius 1 is 1.41 bits per heavy atom. The molecule has 0 bridgehead atoms. The Kier molecular flexibility index (Phi) is 4.62. The first-order chi connectivity index (χ1) is 8.20. The molecule has 2 nitrogen and oxygen atoms in total. The Balaban J connectivity index is 2.11. The van der Waals surface area contributed by atoms with E-state index in [0.717, 1.165) is 28.6 Å². The van der Waals surface area contributed by atoms with Crippen LogP contribution in [0.4, 0.5) is 0 Å². The highest BCUT2D eigenvalue weighted by molar-refractivity contribution is 9.10. The van der Waals surface area contributed by atoms with Crippen LogP contribution >= 0.6 is 15.9 Å². The van der Waals surface area contributed by atoms with Crippen LogP contribution in [0.5, 0.6) is 5.75 Å². The van der Waals surface area contributed by atoms with Crippen LogP contribution in [0.2, 0.25) is 0 Å². The fourth-order valence-corrected chi connectivity index (χ4v) is 4.32. The van der Waals surface area contributed by atoms with E-state index in [1.165, 1.54) is 12.8 Å². The summed E-state index contributed by atoms with van der Waals surface area (Å²) < 4.78 is 18.6. The minimum absolute atomic E-state index is 0.388. The van der Waals surface area contributed by atoms with Crippen LogP contribution in [0.1, 0.15) is 31.2 Å². The minimum atomic E-state index is -0.767. The molecule has 0 aromatic heterocycles. The van der Waals surface area contributed by atoms with Crippen molar-refractivity contribution in [2.45, 2.75) is 36.7 Å². The monoisotopic (exact) mass is 316 g/mol. The molecule has 0 N–H and O–H groups in total. The Labute approximate surface area is 113 Å². The van der Waals surface area contributed by atoms with Crippen LogP contribution in [-0.4, -0.2) is 16.6 Å². The highest BCUT2D eigenvalue weighted by atomic mass is 79.9. The maximum absolute atomic E-state index is 12.2. The third-order valence-corrected chi connectivity index (χ3v) is 5.52. The van der Waals surface area contributed by atoms with Crippen LogP contribution in [0, 0.1) is 0 Å². The fraction of sp³-hybridized carbons (Fsp3) is 0.538.